The summed E-state index contributed by atoms with van der Waals surface area (Å²) >= 11 is 6.11. The van der Waals surface area contributed by atoms with Gasteiger partial charge in [0.2, 0.25) is 21.8 Å². The van der Waals surface area contributed by atoms with Crippen molar-refractivity contribution in [2.45, 2.75) is 72.5 Å². The lowest BCUT2D eigenvalue weighted by molar-refractivity contribution is -0.140. The lowest BCUT2D eigenvalue weighted by Crippen LogP contribution is -2.49. The number of nitrogens with zero attached hydrogens (tertiary/aromatic N) is 2. The quantitative estimate of drug-likeness (QED) is 0.421. The van der Waals surface area contributed by atoms with E-state index >= 15 is 0 Å². The molecule has 0 aliphatic rings. The van der Waals surface area contributed by atoms with Gasteiger partial charge in [0.1, 0.15) is 6.04 Å². The largest absolute Gasteiger partial charge is 0.352 e. The Kier molecular flexibility index (Phi) is 10.8. The second-order valence-corrected chi connectivity index (χ2v) is 11.7. The lowest BCUT2D eigenvalue weighted by atomic mass is 10.1. The molecule has 0 saturated heterocycles. The summed E-state index contributed by atoms with van der Waals surface area (Å²) in [4.78, 5) is 27.8. The molecule has 0 aliphatic heterocycles. The second kappa shape index (κ2) is 13.1. The molecule has 0 bridgehead atoms. The van der Waals surface area contributed by atoms with Gasteiger partial charge in [0, 0.05) is 30.6 Å². The van der Waals surface area contributed by atoms with Crippen LogP contribution in [0.4, 0.5) is 5.69 Å². The van der Waals surface area contributed by atoms with Crippen molar-refractivity contribution in [1.29, 1.82) is 0 Å². The number of amides is 2. The summed E-state index contributed by atoms with van der Waals surface area (Å²) in [6.07, 6.45) is 2.31. The summed E-state index contributed by atoms with van der Waals surface area (Å²) in [5, 5.41) is 3.39. The summed E-state index contributed by atoms with van der Waals surface area (Å²) in [5.41, 5.74) is 3.29. The molecule has 0 unspecified atom stereocenters. The second-order valence-electron chi connectivity index (χ2n) is 9.37. The minimum atomic E-state index is -3.59. The smallest absolute Gasteiger partial charge is 0.242 e. The van der Waals surface area contributed by atoms with Crippen LogP contribution in [0.15, 0.2) is 42.5 Å². The molecule has 9 heteroatoms. The van der Waals surface area contributed by atoms with Crippen LogP contribution in [-0.2, 0) is 26.2 Å². The zero-order valence-corrected chi connectivity index (χ0v) is 23.6. The van der Waals surface area contributed by atoms with Gasteiger partial charge >= 0.3 is 0 Å². The molecule has 0 aliphatic carbocycles. The van der Waals surface area contributed by atoms with Crippen LogP contribution in [0, 0.1) is 13.8 Å². The first-order valence-electron chi connectivity index (χ1n) is 12.2. The molecule has 198 valence electrons. The number of rotatable bonds is 12. The van der Waals surface area contributed by atoms with E-state index < -0.39 is 16.1 Å². The maximum Gasteiger partial charge on any atom is 0.242 e. The van der Waals surface area contributed by atoms with Crippen molar-refractivity contribution in [3.8, 4) is 0 Å². The summed E-state index contributed by atoms with van der Waals surface area (Å²) in [6.45, 7) is 9.85. The molecule has 7 nitrogen and oxygen atoms in total. The highest BCUT2D eigenvalue weighted by molar-refractivity contribution is 7.92. The van der Waals surface area contributed by atoms with Crippen molar-refractivity contribution in [1.82, 2.24) is 10.2 Å². The Balaban J connectivity index is 2.20. The van der Waals surface area contributed by atoms with Crippen LogP contribution in [-0.4, -0.2) is 50.0 Å². The fraction of sp³-hybridized carbons (Fsp3) is 0.481. The number of carbonyl (C=O) groups is 2. The summed E-state index contributed by atoms with van der Waals surface area (Å²) in [6, 6.07) is 12.3. The van der Waals surface area contributed by atoms with E-state index in [0.717, 1.165) is 29.4 Å². The third kappa shape index (κ3) is 8.52. The highest BCUT2D eigenvalue weighted by atomic mass is 35.5. The van der Waals surface area contributed by atoms with E-state index in [9.17, 15) is 18.0 Å². The number of anilines is 1. The molecule has 2 aromatic carbocycles. The van der Waals surface area contributed by atoms with E-state index in [4.69, 9.17) is 11.6 Å². The summed E-state index contributed by atoms with van der Waals surface area (Å²) in [5.74, 6) is -0.421. The molecule has 0 saturated carbocycles. The molecule has 2 rings (SSSR count). The van der Waals surface area contributed by atoms with Gasteiger partial charge in [0.15, 0.2) is 0 Å². The minimum Gasteiger partial charge on any atom is -0.352 e. The molecular weight excluding hydrogens is 498 g/mol. The Bertz CT molecular complexity index is 1150. The van der Waals surface area contributed by atoms with Crippen molar-refractivity contribution in [2.24, 2.45) is 0 Å². The van der Waals surface area contributed by atoms with E-state index in [1.807, 2.05) is 52.0 Å². The molecule has 0 spiro atoms. The van der Waals surface area contributed by atoms with E-state index in [0.29, 0.717) is 17.1 Å². The van der Waals surface area contributed by atoms with Crippen molar-refractivity contribution in [2.75, 3.05) is 17.1 Å². The van der Waals surface area contributed by atoms with Crippen LogP contribution < -0.4 is 9.62 Å². The fourth-order valence-electron chi connectivity index (χ4n) is 3.77. The fourth-order valence-corrected chi connectivity index (χ4v) is 4.95. The Morgan fingerprint density at radius 2 is 1.69 bits per heavy atom. The number of nitrogens with one attached hydrogen (secondary N) is 1. The number of hydrogen-bond donors (Lipinski definition) is 1. The van der Waals surface area contributed by atoms with Crippen LogP contribution in [0.1, 0.15) is 56.7 Å². The summed E-state index contributed by atoms with van der Waals surface area (Å²) < 4.78 is 26.4. The normalized spacial score (nSPS) is 13.1. The number of benzene rings is 2. The molecule has 0 radical (unpaired) electrons. The topological polar surface area (TPSA) is 86.8 Å². The highest BCUT2D eigenvalue weighted by Gasteiger charge is 2.27. The first kappa shape index (κ1) is 29.6. The monoisotopic (exact) mass is 535 g/mol. The molecule has 0 aromatic heterocycles. The number of hydrogen-bond acceptors (Lipinski definition) is 4. The molecule has 1 N–H and O–H groups in total. The highest BCUT2D eigenvalue weighted by Crippen LogP contribution is 2.27. The first-order chi connectivity index (χ1) is 16.8. The van der Waals surface area contributed by atoms with E-state index in [-0.39, 0.29) is 37.4 Å². The van der Waals surface area contributed by atoms with Gasteiger partial charge in [-0.15, -0.1) is 0 Å². The zero-order chi connectivity index (χ0) is 27.0. The maximum absolute atomic E-state index is 13.4. The predicted molar refractivity (Wildman–Crippen MR) is 147 cm³/mol. The molecule has 2 amide bonds. The van der Waals surface area contributed by atoms with Gasteiger partial charge in [-0.3, -0.25) is 13.9 Å². The van der Waals surface area contributed by atoms with Gasteiger partial charge in [0.25, 0.3) is 0 Å². The van der Waals surface area contributed by atoms with Crippen molar-refractivity contribution < 1.29 is 18.0 Å². The number of aryl methyl sites for hydroxylation is 2. The first-order valence-corrected chi connectivity index (χ1v) is 14.4. The lowest BCUT2D eigenvalue weighted by Gasteiger charge is -2.30. The van der Waals surface area contributed by atoms with Crippen LogP contribution in [0.25, 0.3) is 0 Å². The number of carbonyl (C=O) groups excluding carboxylic acids is 2. The third-order valence-corrected chi connectivity index (χ3v) is 7.65. The molecule has 0 fully saturated rings. The number of sulfonamides is 1. The van der Waals surface area contributed by atoms with Gasteiger partial charge in [-0.25, -0.2) is 8.42 Å². The Hall–Kier alpha value is -2.58. The van der Waals surface area contributed by atoms with Gasteiger partial charge < -0.3 is 10.2 Å². The van der Waals surface area contributed by atoms with Crippen molar-refractivity contribution >= 4 is 39.1 Å². The molecule has 0 heterocycles. The van der Waals surface area contributed by atoms with Crippen molar-refractivity contribution in [3.63, 3.8) is 0 Å². The van der Waals surface area contributed by atoms with Crippen LogP contribution in [0.5, 0.6) is 0 Å². The van der Waals surface area contributed by atoms with E-state index in [1.165, 1.54) is 4.31 Å². The SMILES string of the molecule is CC[C@H](C)NC(=O)[C@H](C)N(Cc1ccc(C)cc1)C(=O)CCCN(c1cc(Cl)ccc1C)S(C)(=O)=O. The molecule has 36 heavy (non-hydrogen) atoms. The van der Waals surface area contributed by atoms with Crippen LogP contribution in [0.2, 0.25) is 5.02 Å². The number of halogens is 1. The van der Waals surface area contributed by atoms with Gasteiger partial charge in [0.05, 0.1) is 11.9 Å². The Labute approximate surface area is 220 Å². The van der Waals surface area contributed by atoms with E-state index in [1.54, 1.807) is 30.0 Å². The molecule has 2 aromatic rings. The molecular formula is C27H38ClN3O4S. The average Bonchev–Trinajstić information content (AvgIpc) is 2.81. The predicted octanol–water partition coefficient (Wildman–Crippen LogP) is 4.84. The van der Waals surface area contributed by atoms with E-state index in [2.05, 4.69) is 5.32 Å². The molecule has 2 atom stereocenters. The zero-order valence-electron chi connectivity index (χ0n) is 22.0. The third-order valence-electron chi connectivity index (χ3n) is 6.23. The van der Waals surface area contributed by atoms with Crippen LogP contribution >= 0.6 is 11.6 Å². The maximum atomic E-state index is 13.4. The summed E-state index contributed by atoms with van der Waals surface area (Å²) in [7, 11) is -3.59. The Morgan fingerprint density at radius 3 is 2.28 bits per heavy atom. The minimum absolute atomic E-state index is 0.000493. The van der Waals surface area contributed by atoms with Gasteiger partial charge in [-0.05, 0) is 63.8 Å². The Morgan fingerprint density at radius 1 is 1.06 bits per heavy atom. The van der Waals surface area contributed by atoms with Crippen LogP contribution in [0.3, 0.4) is 0 Å². The van der Waals surface area contributed by atoms with Gasteiger partial charge in [-0.1, -0.05) is 54.4 Å². The standard InChI is InChI=1S/C27H38ClN3O4S/c1-7-21(4)29-27(33)22(5)30(18-23-13-10-19(2)11-14-23)26(32)9-8-16-31(36(6,34)35)25-17-24(28)15-12-20(25)3/h10-15,17,21-22H,7-9,16,18H2,1-6H3,(H,29,33)/t21-,22-/m0/s1. The van der Waals surface area contributed by atoms with Gasteiger partial charge in [-0.2, -0.15) is 0 Å². The van der Waals surface area contributed by atoms with Crippen molar-refractivity contribution in [3.05, 3.63) is 64.2 Å². The average molecular weight is 536 g/mol.